The van der Waals surface area contributed by atoms with Gasteiger partial charge in [-0.3, -0.25) is 4.79 Å². The highest BCUT2D eigenvalue weighted by Crippen LogP contribution is 2.32. The van der Waals surface area contributed by atoms with Gasteiger partial charge in [0.15, 0.2) is 0 Å². The minimum absolute atomic E-state index is 0.0536. The summed E-state index contributed by atoms with van der Waals surface area (Å²) < 4.78 is 5.35. The molecule has 1 fully saturated rings. The summed E-state index contributed by atoms with van der Waals surface area (Å²) >= 11 is 6.01. The number of carbonyl (C=O) groups is 1. The highest BCUT2D eigenvalue weighted by Gasteiger charge is 2.31. The van der Waals surface area contributed by atoms with Crippen molar-refractivity contribution in [2.45, 2.75) is 51.0 Å². The van der Waals surface area contributed by atoms with Crippen molar-refractivity contribution in [3.05, 3.63) is 34.9 Å². The van der Waals surface area contributed by atoms with E-state index in [1.807, 2.05) is 12.1 Å². The van der Waals surface area contributed by atoms with E-state index in [1.165, 1.54) is 5.56 Å². The van der Waals surface area contributed by atoms with E-state index in [4.69, 9.17) is 22.1 Å². The molecule has 0 bridgehead atoms. The maximum absolute atomic E-state index is 12.5. The van der Waals surface area contributed by atoms with Crippen LogP contribution in [0.5, 0.6) is 0 Å². The number of halogens is 1. The van der Waals surface area contributed by atoms with Gasteiger partial charge in [0.1, 0.15) is 0 Å². The highest BCUT2D eigenvalue weighted by atomic mass is 35.5. The van der Waals surface area contributed by atoms with E-state index in [0.29, 0.717) is 19.8 Å². The molecular weight excluding hydrogens is 324 g/mol. The minimum atomic E-state index is -0.453. The second-order valence-electron chi connectivity index (χ2n) is 6.69. The highest BCUT2D eigenvalue weighted by molar-refractivity contribution is 6.30. The van der Waals surface area contributed by atoms with Crippen LogP contribution < -0.4 is 11.1 Å². The Balaban J connectivity index is 2.02. The third-order valence-corrected chi connectivity index (χ3v) is 5.74. The Bertz CT molecular complexity index is 523. The molecule has 1 unspecified atom stereocenters. The molecule has 1 aromatic carbocycles. The molecule has 1 amide bonds. The molecule has 1 aliphatic rings. The van der Waals surface area contributed by atoms with Crippen LogP contribution in [0.4, 0.5) is 0 Å². The Morgan fingerprint density at radius 3 is 2.42 bits per heavy atom. The Kier molecular flexibility index (Phi) is 7.08. The van der Waals surface area contributed by atoms with Gasteiger partial charge in [-0.25, -0.2) is 0 Å². The third kappa shape index (κ3) is 4.50. The second kappa shape index (κ2) is 8.84. The first kappa shape index (κ1) is 19.2. The molecule has 1 aliphatic heterocycles. The van der Waals surface area contributed by atoms with Gasteiger partial charge in [-0.2, -0.15) is 0 Å². The number of rotatable bonds is 7. The zero-order valence-corrected chi connectivity index (χ0v) is 15.4. The molecule has 2 rings (SSSR count). The van der Waals surface area contributed by atoms with Gasteiger partial charge >= 0.3 is 0 Å². The molecule has 24 heavy (non-hydrogen) atoms. The van der Waals surface area contributed by atoms with E-state index >= 15 is 0 Å². The summed E-state index contributed by atoms with van der Waals surface area (Å²) in [4.78, 5) is 12.5. The molecule has 0 aliphatic carbocycles. The summed E-state index contributed by atoms with van der Waals surface area (Å²) in [5.41, 5.74) is 7.30. The van der Waals surface area contributed by atoms with Crippen LogP contribution in [-0.4, -0.2) is 31.7 Å². The van der Waals surface area contributed by atoms with Crippen LogP contribution in [0.1, 0.15) is 45.1 Å². The van der Waals surface area contributed by atoms with Crippen LogP contribution >= 0.6 is 11.6 Å². The number of benzene rings is 1. The summed E-state index contributed by atoms with van der Waals surface area (Å²) in [6.45, 7) is 6.30. The molecular formula is C19H29ClN2O2. The third-order valence-electron chi connectivity index (χ3n) is 5.49. The summed E-state index contributed by atoms with van der Waals surface area (Å²) in [6.07, 6.45) is 3.60. The number of carbonyl (C=O) groups excluding carboxylic acids is 1. The fraction of sp³-hybridized carbons (Fsp3) is 0.632. The number of hydrogen-bond acceptors (Lipinski definition) is 3. The first-order chi connectivity index (χ1) is 11.5. The molecule has 0 radical (unpaired) electrons. The van der Waals surface area contributed by atoms with Gasteiger partial charge in [0.25, 0.3) is 0 Å². The molecule has 3 N–H and O–H groups in total. The van der Waals surface area contributed by atoms with Crippen molar-refractivity contribution in [2.24, 2.45) is 11.7 Å². The lowest BCUT2D eigenvalue weighted by atomic mass is 9.75. The lowest BCUT2D eigenvalue weighted by Crippen LogP contribution is -2.50. The zero-order valence-electron chi connectivity index (χ0n) is 14.7. The predicted molar refractivity (Wildman–Crippen MR) is 98.2 cm³/mol. The number of hydrogen-bond donors (Lipinski definition) is 2. The van der Waals surface area contributed by atoms with E-state index in [-0.39, 0.29) is 17.2 Å². The normalized spacial score (nSPS) is 17.5. The molecule has 0 saturated carbocycles. The van der Waals surface area contributed by atoms with Crippen LogP contribution in [0, 0.1) is 5.92 Å². The number of nitrogens with two attached hydrogens (primary N) is 1. The number of ether oxygens (including phenoxy) is 1. The monoisotopic (exact) mass is 352 g/mol. The summed E-state index contributed by atoms with van der Waals surface area (Å²) in [5, 5.41) is 3.83. The Morgan fingerprint density at radius 2 is 1.88 bits per heavy atom. The van der Waals surface area contributed by atoms with Crippen LogP contribution in [0.15, 0.2) is 24.3 Å². The molecule has 5 heteroatoms. The lowest BCUT2D eigenvalue weighted by Gasteiger charge is -2.34. The van der Waals surface area contributed by atoms with Gasteiger partial charge in [-0.05, 0) is 49.3 Å². The molecule has 1 saturated heterocycles. The van der Waals surface area contributed by atoms with Crippen molar-refractivity contribution in [3.8, 4) is 0 Å². The van der Waals surface area contributed by atoms with Gasteiger partial charge < -0.3 is 15.8 Å². The largest absolute Gasteiger partial charge is 0.381 e. The topological polar surface area (TPSA) is 64.4 Å². The molecule has 1 aromatic rings. The first-order valence-corrected chi connectivity index (χ1v) is 9.27. The maximum atomic E-state index is 12.5. The van der Waals surface area contributed by atoms with Crippen LogP contribution in [0.3, 0.4) is 0 Å². The quantitative estimate of drug-likeness (QED) is 0.791. The fourth-order valence-corrected chi connectivity index (χ4v) is 3.60. The molecule has 4 nitrogen and oxygen atoms in total. The summed E-state index contributed by atoms with van der Waals surface area (Å²) in [7, 11) is 0. The molecule has 0 aromatic heterocycles. The molecule has 0 spiro atoms. The minimum Gasteiger partial charge on any atom is -0.381 e. The van der Waals surface area contributed by atoms with E-state index in [2.05, 4.69) is 31.3 Å². The van der Waals surface area contributed by atoms with Crippen molar-refractivity contribution in [1.82, 2.24) is 5.32 Å². The SMILES string of the molecule is CCC(CC)(CNC(=O)C(N)C1CCOCC1)c1ccc(Cl)cc1. The van der Waals surface area contributed by atoms with Gasteiger partial charge in [-0.1, -0.05) is 37.6 Å². The summed E-state index contributed by atoms with van der Waals surface area (Å²) in [6, 6.07) is 7.48. The van der Waals surface area contributed by atoms with Crippen molar-refractivity contribution in [3.63, 3.8) is 0 Å². The molecule has 1 heterocycles. The van der Waals surface area contributed by atoms with Gasteiger partial charge in [0, 0.05) is 30.2 Å². The summed E-state index contributed by atoms with van der Waals surface area (Å²) in [5.74, 6) is 0.161. The molecule has 134 valence electrons. The van der Waals surface area contributed by atoms with E-state index < -0.39 is 6.04 Å². The Labute approximate surface area is 150 Å². The maximum Gasteiger partial charge on any atom is 0.237 e. The van der Waals surface area contributed by atoms with Gasteiger partial charge in [0.05, 0.1) is 6.04 Å². The van der Waals surface area contributed by atoms with Crippen molar-refractivity contribution >= 4 is 17.5 Å². The van der Waals surface area contributed by atoms with Crippen LogP contribution in [0.25, 0.3) is 0 Å². The Morgan fingerprint density at radius 1 is 1.29 bits per heavy atom. The fourth-order valence-electron chi connectivity index (χ4n) is 3.48. The zero-order chi connectivity index (χ0) is 17.6. The van der Waals surface area contributed by atoms with Gasteiger partial charge in [0.2, 0.25) is 5.91 Å². The number of nitrogens with one attached hydrogen (secondary N) is 1. The molecule has 1 atom stereocenters. The number of amides is 1. The van der Waals surface area contributed by atoms with Crippen molar-refractivity contribution < 1.29 is 9.53 Å². The standard InChI is InChI=1S/C19H29ClN2O2/c1-3-19(4-2,15-5-7-16(20)8-6-15)13-22-18(23)17(21)14-9-11-24-12-10-14/h5-8,14,17H,3-4,9-13,21H2,1-2H3,(H,22,23). The van der Waals surface area contributed by atoms with Crippen LogP contribution in [0.2, 0.25) is 5.02 Å². The van der Waals surface area contributed by atoms with E-state index in [0.717, 1.165) is 30.7 Å². The van der Waals surface area contributed by atoms with E-state index in [9.17, 15) is 4.79 Å². The average molecular weight is 353 g/mol. The lowest BCUT2D eigenvalue weighted by molar-refractivity contribution is -0.124. The first-order valence-electron chi connectivity index (χ1n) is 8.89. The van der Waals surface area contributed by atoms with E-state index in [1.54, 1.807) is 0 Å². The average Bonchev–Trinajstić information content (AvgIpc) is 2.64. The Hall–Kier alpha value is -1.10. The second-order valence-corrected chi connectivity index (χ2v) is 7.12. The van der Waals surface area contributed by atoms with Crippen molar-refractivity contribution in [1.29, 1.82) is 0 Å². The smallest absolute Gasteiger partial charge is 0.237 e. The van der Waals surface area contributed by atoms with Crippen LogP contribution in [-0.2, 0) is 14.9 Å². The van der Waals surface area contributed by atoms with Crippen molar-refractivity contribution in [2.75, 3.05) is 19.8 Å². The van der Waals surface area contributed by atoms with Gasteiger partial charge in [-0.15, -0.1) is 0 Å². The predicted octanol–water partition coefficient (Wildman–Crippen LogP) is 3.27.